The second kappa shape index (κ2) is 11.7. The van der Waals surface area contributed by atoms with Gasteiger partial charge in [-0.3, -0.25) is 14.2 Å². The summed E-state index contributed by atoms with van der Waals surface area (Å²) in [5.74, 6) is -0.958. The highest BCUT2D eigenvalue weighted by atomic mass is 31.2. The molecule has 0 unspecified atom stereocenters. The minimum Gasteiger partial charge on any atom is -0.368 e. The molecule has 0 aliphatic heterocycles. The molecule has 2 amide bonds. The summed E-state index contributed by atoms with van der Waals surface area (Å²) in [5, 5.41) is 2.65. The molecule has 1 rings (SSSR count). The summed E-state index contributed by atoms with van der Waals surface area (Å²) in [6.07, 6.45) is 3.79. The summed E-state index contributed by atoms with van der Waals surface area (Å²) in [6.45, 7) is 7.71. The van der Waals surface area contributed by atoms with Crippen molar-refractivity contribution < 1.29 is 23.2 Å². The molecule has 1 atom stereocenters. The fourth-order valence-corrected chi connectivity index (χ4v) is 4.20. The van der Waals surface area contributed by atoms with Crippen LogP contribution in [-0.2, 0) is 24.6 Å². The second-order valence-electron chi connectivity index (χ2n) is 5.95. The molecule has 0 aliphatic rings. The lowest BCUT2D eigenvalue weighted by Gasteiger charge is -2.17. The monoisotopic (exact) mass is 396 g/mol. The van der Waals surface area contributed by atoms with E-state index in [1.54, 1.807) is 44.2 Å². The Balaban J connectivity index is 2.76. The van der Waals surface area contributed by atoms with Crippen molar-refractivity contribution in [1.82, 2.24) is 5.32 Å². The lowest BCUT2D eigenvalue weighted by Crippen LogP contribution is -2.44. The Labute approximate surface area is 160 Å². The minimum absolute atomic E-state index is 0.127. The highest BCUT2D eigenvalue weighted by Gasteiger charge is 2.24. The molecule has 3 N–H and O–H groups in total. The zero-order chi connectivity index (χ0) is 20.3. The fraction of sp³-hybridized carbons (Fsp3) is 0.474. The Hall–Kier alpha value is -1.95. The van der Waals surface area contributed by atoms with Crippen LogP contribution in [0.25, 0.3) is 0 Å². The zero-order valence-corrected chi connectivity index (χ0v) is 16.9. The van der Waals surface area contributed by atoms with Gasteiger partial charge in [0.25, 0.3) is 5.91 Å². The van der Waals surface area contributed by atoms with E-state index in [2.05, 4.69) is 11.9 Å². The Morgan fingerprint density at radius 1 is 1.22 bits per heavy atom. The molecule has 0 bridgehead atoms. The normalized spacial score (nSPS) is 12.4. The summed E-state index contributed by atoms with van der Waals surface area (Å²) in [5.41, 5.74) is 6.47. The smallest absolute Gasteiger partial charge is 0.335 e. The Morgan fingerprint density at radius 2 is 1.81 bits per heavy atom. The van der Waals surface area contributed by atoms with Gasteiger partial charge in [0.2, 0.25) is 5.91 Å². The van der Waals surface area contributed by atoms with Crippen molar-refractivity contribution in [1.29, 1.82) is 0 Å². The molecule has 27 heavy (non-hydrogen) atoms. The van der Waals surface area contributed by atoms with E-state index in [0.717, 1.165) is 12.0 Å². The molecule has 0 radical (unpaired) electrons. The van der Waals surface area contributed by atoms with Crippen LogP contribution in [0.2, 0.25) is 0 Å². The van der Waals surface area contributed by atoms with Crippen molar-refractivity contribution in [2.24, 2.45) is 5.73 Å². The van der Waals surface area contributed by atoms with E-state index in [1.807, 2.05) is 0 Å². The van der Waals surface area contributed by atoms with Crippen LogP contribution in [0.1, 0.15) is 49.0 Å². The van der Waals surface area contributed by atoms with E-state index in [-0.39, 0.29) is 25.3 Å². The second-order valence-corrected chi connectivity index (χ2v) is 8.00. The largest absolute Gasteiger partial charge is 0.368 e. The van der Waals surface area contributed by atoms with Crippen LogP contribution in [0.15, 0.2) is 36.9 Å². The number of rotatable bonds is 13. The van der Waals surface area contributed by atoms with Crippen LogP contribution in [0.5, 0.6) is 0 Å². The standard InChI is InChI=1S/C19H29N2O5P/c1-4-7-8-9-17(18(20)22)21-19(23)16-12-10-15(11-13-16)14-27(24,25-5-2)26-6-3/h4,10-13,17H,1,5-9,14H2,2-3H3,(H2,20,22)(H,21,23)/t17-/m0/s1. The molecular formula is C19H29N2O5P. The van der Waals surface area contributed by atoms with Gasteiger partial charge in [0, 0.05) is 5.56 Å². The molecule has 0 spiro atoms. The van der Waals surface area contributed by atoms with Crippen molar-refractivity contribution in [2.45, 2.75) is 45.3 Å². The number of carbonyl (C=O) groups is 2. The average Bonchev–Trinajstić information content (AvgIpc) is 2.61. The number of nitrogens with one attached hydrogen (secondary N) is 1. The Kier molecular flexibility index (Phi) is 10.0. The van der Waals surface area contributed by atoms with E-state index >= 15 is 0 Å². The van der Waals surface area contributed by atoms with Gasteiger partial charge in [-0.1, -0.05) is 18.2 Å². The molecule has 7 nitrogen and oxygen atoms in total. The molecule has 0 saturated heterocycles. The highest BCUT2D eigenvalue weighted by Crippen LogP contribution is 2.51. The third kappa shape index (κ3) is 8.08. The van der Waals surface area contributed by atoms with E-state index in [4.69, 9.17) is 14.8 Å². The number of primary amides is 1. The first kappa shape index (κ1) is 23.1. The number of hydrogen-bond acceptors (Lipinski definition) is 5. The van der Waals surface area contributed by atoms with Crippen LogP contribution < -0.4 is 11.1 Å². The first-order valence-corrected chi connectivity index (χ1v) is 10.8. The first-order valence-electron chi connectivity index (χ1n) is 9.03. The van der Waals surface area contributed by atoms with Gasteiger partial charge in [0.15, 0.2) is 0 Å². The van der Waals surface area contributed by atoms with Crippen LogP contribution in [0.3, 0.4) is 0 Å². The number of nitrogens with two attached hydrogens (primary N) is 1. The molecule has 0 aliphatic carbocycles. The molecule has 0 aromatic heterocycles. The quantitative estimate of drug-likeness (QED) is 0.302. The molecule has 0 saturated carbocycles. The van der Waals surface area contributed by atoms with Gasteiger partial charge in [-0.25, -0.2) is 0 Å². The molecule has 1 aromatic rings. The molecule has 150 valence electrons. The third-order valence-corrected chi connectivity index (χ3v) is 5.85. The lowest BCUT2D eigenvalue weighted by molar-refractivity contribution is -0.120. The molecule has 0 fully saturated rings. The maximum absolute atomic E-state index is 12.6. The number of unbranched alkanes of at least 4 members (excludes halogenated alkanes) is 1. The lowest BCUT2D eigenvalue weighted by atomic mass is 10.1. The number of carbonyl (C=O) groups excluding carboxylic acids is 2. The van der Waals surface area contributed by atoms with Crippen molar-refractivity contribution in [3.05, 3.63) is 48.0 Å². The Morgan fingerprint density at radius 3 is 2.30 bits per heavy atom. The van der Waals surface area contributed by atoms with Gasteiger partial charge in [0.1, 0.15) is 6.04 Å². The summed E-state index contributed by atoms with van der Waals surface area (Å²) in [7, 11) is -3.20. The van der Waals surface area contributed by atoms with Crippen molar-refractivity contribution in [3.63, 3.8) is 0 Å². The van der Waals surface area contributed by atoms with Crippen molar-refractivity contribution in [3.8, 4) is 0 Å². The molecule has 1 aromatic carbocycles. The van der Waals surface area contributed by atoms with Crippen molar-refractivity contribution in [2.75, 3.05) is 13.2 Å². The first-order chi connectivity index (χ1) is 12.8. The molecule has 8 heteroatoms. The van der Waals surface area contributed by atoms with Gasteiger partial charge < -0.3 is 20.1 Å². The highest BCUT2D eigenvalue weighted by molar-refractivity contribution is 7.53. The van der Waals surface area contributed by atoms with E-state index in [1.165, 1.54) is 0 Å². The predicted octanol–water partition coefficient (Wildman–Crippen LogP) is 3.39. The summed E-state index contributed by atoms with van der Waals surface area (Å²) >= 11 is 0. The molecule has 0 heterocycles. The van der Waals surface area contributed by atoms with Crippen LogP contribution in [0, 0.1) is 0 Å². The topological polar surface area (TPSA) is 108 Å². The maximum Gasteiger partial charge on any atom is 0.335 e. The SMILES string of the molecule is C=CCCC[C@H](NC(=O)c1ccc(CP(=O)(OCC)OCC)cc1)C(N)=O. The van der Waals surface area contributed by atoms with Gasteiger partial charge >= 0.3 is 7.60 Å². The van der Waals surface area contributed by atoms with Gasteiger partial charge in [-0.05, 0) is 50.8 Å². The van der Waals surface area contributed by atoms with Gasteiger partial charge in [-0.15, -0.1) is 6.58 Å². The van der Waals surface area contributed by atoms with Crippen LogP contribution in [0.4, 0.5) is 0 Å². The summed E-state index contributed by atoms with van der Waals surface area (Å²) in [6, 6.07) is 5.87. The molecular weight excluding hydrogens is 367 g/mol. The zero-order valence-electron chi connectivity index (χ0n) is 16.0. The van der Waals surface area contributed by atoms with Crippen LogP contribution >= 0.6 is 7.60 Å². The number of benzene rings is 1. The van der Waals surface area contributed by atoms with E-state index < -0.39 is 19.5 Å². The minimum atomic E-state index is -3.20. The van der Waals surface area contributed by atoms with Crippen LogP contribution in [-0.4, -0.2) is 31.1 Å². The maximum atomic E-state index is 12.6. The number of amides is 2. The Bertz CT molecular complexity index is 665. The van der Waals surface area contributed by atoms with E-state index in [0.29, 0.717) is 18.4 Å². The number of allylic oxidation sites excluding steroid dienone is 1. The average molecular weight is 396 g/mol. The summed E-state index contributed by atoms with van der Waals surface area (Å²) in [4.78, 5) is 23.9. The third-order valence-electron chi connectivity index (χ3n) is 3.79. The van der Waals surface area contributed by atoms with Gasteiger partial charge in [0.05, 0.1) is 19.4 Å². The summed E-state index contributed by atoms with van der Waals surface area (Å²) < 4.78 is 23.1. The fourth-order valence-electron chi connectivity index (χ4n) is 2.50. The van der Waals surface area contributed by atoms with Crippen molar-refractivity contribution >= 4 is 19.4 Å². The number of hydrogen-bond donors (Lipinski definition) is 2. The van der Waals surface area contributed by atoms with Gasteiger partial charge in [-0.2, -0.15) is 0 Å². The van der Waals surface area contributed by atoms with E-state index in [9.17, 15) is 14.2 Å². The predicted molar refractivity (Wildman–Crippen MR) is 106 cm³/mol.